The maximum atomic E-state index is 11.6. The fourth-order valence-corrected chi connectivity index (χ4v) is 1.42. The van der Waals surface area contributed by atoms with Gasteiger partial charge in [-0.2, -0.15) is 0 Å². The predicted molar refractivity (Wildman–Crippen MR) is 68.8 cm³/mol. The zero-order chi connectivity index (χ0) is 13.8. The van der Waals surface area contributed by atoms with Gasteiger partial charge in [0.1, 0.15) is 5.76 Å². The van der Waals surface area contributed by atoms with E-state index in [0.29, 0.717) is 22.8 Å². The molecule has 0 aliphatic rings. The molecule has 0 bridgehead atoms. The molecule has 1 aromatic heterocycles. The number of hydrogen-bond acceptors (Lipinski definition) is 4. The van der Waals surface area contributed by atoms with Crippen molar-refractivity contribution in [3.05, 3.63) is 41.7 Å². The van der Waals surface area contributed by atoms with E-state index >= 15 is 0 Å². The number of amides is 3. The summed E-state index contributed by atoms with van der Waals surface area (Å²) < 4.78 is 4.81. The van der Waals surface area contributed by atoms with Gasteiger partial charge in [0.2, 0.25) is 5.91 Å². The molecule has 0 radical (unpaired) electrons. The smallest absolute Gasteiger partial charge is 0.324 e. The van der Waals surface area contributed by atoms with Crippen LogP contribution in [0.1, 0.15) is 16.1 Å². The number of benzene rings is 1. The molecular weight excluding hydrogens is 248 g/mol. The van der Waals surface area contributed by atoms with Crippen LogP contribution in [0.15, 0.2) is 34.9 Å². The van der Waals surface area contributed by atoms with Crippen LogP contribution >= 0.6 is 0 Å². The van der Waals surface area contributed by atoms with Crippen LogP contribution in [0.2, 0.25) is 0 Å². The number of nitrogens with one attached hydrogen (secondary N) is 2. The van der Waals surface area contributed by atoms with Crippen LogP contribution in [0, 0.1) is 6.92 Å². The molecule has 0 saturated heterocycles. The molecule has 2 aromatic rings. The van der Waals surface area contributed by atoms with Gasteiger partial charge in [0.05, 0.1) is 0 Å². The molecule has 0 saturated carbocycles. The van der Waals surface area contributed by atoms with E-state index in [1.54, 1.807) is 25.1 Å². The van der Waals surface area contributed by atoms with Crippen molar-refractivity contribution in [1.82, 2.24) is 5.16 Å². The molecule has 98 valence electrons. The number of carbonyl (C=O) groups is 2. The average molecular weight is 260 g/mol. The fraction of sp³-hybridized carbons (Fsp3) is 0.0833. The Morgan fingerprint density at radius 1 is 1.21 bits per heavy atom. The highest BCUT2D eigenvalue weighted by atomic mass is 16.5. The molecule has 4 N–H and O–H groups in total. The number of hydrogen-bond donors (Lipinski definition) is 3. The first-order chi connectivity index (χ1) is 9.04. The monoisotopic (exact) mass is 260 g/mol. The first-order valence-corrected chi connectivity index (χ1v) is 5.46. The van der Waals surface area contributed by atoms with Crippen molar-refractivity contribution in [2.24, 2.45) is 5.73 Å². The average Bonchev–Trinajstić information content (AvgIpc) is 2.75. The molecule has 0 atom stereocenters. The van der Waals surface area contributed by atoms with Gasteiger partial charge < -0.3 is 15.6 Å². The second-order valence-corrected chi connectivity index (χ2v) is 3.84. The van der Waals surface area contributed by atoms with Gasteiger partial charge in [0.15, 0.2) is 5.82 Å². The largest absolute Gasteiger partial charge is 0.366 e. The van der Waals surface area contributed by atoms with Crippen LogP contribution in [0.3, 0.4) is 0 Å². The molecular formula is C12H12N4O3. The molecule has 7 nitrogen and oxygen atoms in total. The van der Waals surface area contributed by atoms with Crippen LogP contribution in [0.4, 0.5) is 16.3 Å². The summed E-state index contributed by atoms with van der Waals surface area (Å²) in [5, 5.41) is 8.71. The van der Waals surface area contributed by atoms with Gasteiger partial charge in [-0.25, -0.2) is 4.79 Å². The summed E-state index contributed by atoms with van der Waals surface area (Å²) in [5.41, 5.74) is 6.02. The highest BCUT2D eigenvalue weighted by molar-refractivity contribution is 5.99. The van der Waals surface area contributed by atoms with E-state index in [9.17, 15) is 9.59 Å². The Bertz CT molecular complexity index is 604. The molecule has 7 heteroatoms. The molecule has 0 aliphatic heterocycles. The van der Waals surface area contributed by atoms with Crippen molar-refractivity contribution in [2.45, 2.75) is 6.92 Å². The quantitative estimate of drug-likeness (QED) is 0.780. The van der Waals surface area contributed by atoms with Crippen LogP contribution in [-0.4, -0.2) is 17.1 Å². The van der Waals surface area contributed by atoms with Crippen molar-refractivity contribution in [1.29, 1.82) is 0 Å². The SMILES string of the molecule is Cc1cc(NC(=O)Nc2ccc(C(N)=O)cc2)no1. The predicted octanol–water partition coefficient (Wildman–Crippen LogP) is 1.73. The highest BCUT2D eigenvalue weighted by Crippen LogP contribution is 2.11. The normalized spacial score (nSPS) is 9.95. The van der Waals surface area contributed by atoms with Crippen LogP contribution in [-0.2, 0) is 0 Å². The Morgan fingerprint density at radius 2 is 1.89 bits per heavy atom. The number of aryl methyl sites for hydroxylation is 1. The van der Waals surface area contributed by atoms with Crippen molar-refractivity contribution >= 4 is 23.4 Å². The Labute approximate surface area is 108 Å². The van der Waals surface area contributed by atoms with Crippen molar-refractivity contribution in [2.75, 3.05) is 10.6 Å². The number of aromatic nitrogens is 1. The molecule has 1 aromatic carbocycles. The zero-order valence-electron chi connectivity index (χ0n) is 10.1. The summed E-state index contributed by atoms with van der Waals surface area (Å²) in [6.07, 6.45) is 0. The molecule has 19 heavy (non-hydrogen) atoms. The van der Waals surface area contributed by atoms with Crippen LogP contribution < -0.4 is 16.4 Å². The van der Waals surface area contributed by atoms with E-state index < -0.39 is 11.9 Å². The van der Waals surface area contributed by atoms with Crippen molar-refractivity contribution in [3.8, 4) is 0 Å². The van der Waals surface area contributed by atoms with Crippen molar-refractivity contribution in [3.63, 3.8) is 0 Å². The van der Waals surface area contributed by atoms with Gasteiger partial charge in [-0.05, 0) is 31.2 Å². The van der Waals surface area contributed by atoms with E-state index in [4.69, 9.17) is 10.3 Å². The van der Waals surface area contributed by atoms with E-state index in [1.807, 2.05) is 0 Å². The second kappa shape index (κ2) is 5.21. The van der Waals surface area contributed by atoms with Gasteiger partial charge in [0.25, 0.3) is 0 Å². The minimum Gasteiger partial charge on any atom is -0.366 e. The number of urea groups is 1. The Kier molecular flexibility index (Phi) is 3.46. The first-order valence-electron chi connectivity index (χ1n) is 5.46. The third-order valence-corrected chi connectivity index (χ3v) is 2.30. The summed E-state index contributed by atoms with van der Waals surface area (Å²) in [6.45, 7) is 1.72. The van der Waals surface area contributed by atoms with Crippen LogP contribution in [0.25, 0.3) is 0 Å². The van der Waals surface area contributed by atoms with E-state index in [1.165, 1.54) is 12.1 Å². The number of primary amides is 1. The lowest BCUT2D eigenvalue weighted by atomic mass is 10.2. The van der Waals surface area contributed by atoms with Gasteiger partial charge in [-0.3, -0.25) is 10.1 Å². The summed E-state index contributed by atoms with van der Waals surface area (Å²) in [7, 11) is 0. The molecule has 2 rings (SSSR count). The van der Waals surface area contributed by atoms with Gasteiger partial charge in [-0.15, -0.1) is 0 Å². The molecule has 0 spiro atoms. The number of carbonyl (C=O) groups excluding carboxylic acids is 2. The van der Waals surface area contributed by atoms with Gasteiger partial charge >= 0.3 is 6.03 Å². The third kappa shape index (κ3) is 3.32. The standard InChI is InChI=1S/C12H12N4O3/c1-7-6-10(16-19-7)15-12(18)14-9-4-2-8(3-5-9)11(13)17/h2-6H,1H3,(H2,13,17)(H2,14,15,16,18). The van der Waals surface area contributed by atoms with Crippen molar-refractivity contribution < 1.29 is 14.1 Å². The topological polar surface area (TPSA) is 110 Å². The Balaban J connectivity index is 1.97. The summed E-state index contributed by atoms with van der Waals surface area (Å²) >= 11 is 0. The summed E-state index contributed by atoms with van der Waals surface area (Å²) in [4.78, 5) is 22.5. The Morgan fingerprint density at radius 3 is 2.42 bits per heavy atom. The maximum absolute atomic E-state index is 11.6. The fourth-order valence-electron chi connectivity index (χ4n) is 1.42. The minimum atomic E-state index is -0.519. The number of rotatable bonds is 3. The molecule has 0 fully saturated rings. The summed E-state index contributed by atoms with van der Waals surface area (Å²) in [5.74, 6) is 0.402. The zero-order valence-corrected chi connectivity index (χ0v) is 10.1. The highest BCUT2D eigenvalue weighted by Gasteiger charge is 2.06. The molecule has 1 heterocycles. The first kappa shape index (κ1) is 12.6. The Hall–Kier alpha value is -2.83. The number of nitrogens with zero attached hydrogens (tertiary/aromatic N) is 1. The van der Waals surface area contributed by atoms with E-state index in [-0.39, 0.29) is 0 Å². The van der Waals surface area contributed by atoms with Crippen LogP contribution in [0.5, 0.6) is 0 Å². The lowest BCUT2D eigenvalue weighted by Gasteiger charge is -2.05. The lowest BCUT2D eigenvalue weighted by Crippen LogP contribution is -2.19. The third-order valence-electron chi connectivity index (χ3n) is 2.30. The van der Waals surface area contributed by atoms with E-state index in [0.717, 1.165) is 0 Å². The lowest BCUT2D eigenvalue weighted by molar-refractivity contribution is 0.100. The molecule has 3 amide bonds. The minimum absolute atomic E-state index is 0.323. The maximum Gasteiger partial charge on any atom is 0.324 e. The van der Waals surface area contributed by atoms with Gasteiger partial charge in [0, 0.05) is 17.3 Å². The van der Waals surface area contributed by atoms with E-state index in [2.05, 4.69) is 15.8 Å². The number of anilines is 2. The molecule has 0 unspecified atom stereocenters. The second-order valence-electron chi connectivity index (χ2n) is 3.84. The molecule has 0 aliphatic carbocycles. The summed E-state index contributed by atoms with van der Waals surface area (Å²) in [6, 6.07) is 7.34. The van der Waals surface area contributed by atoms with Gasteiger partial charge in [-0.1, -0.05) is 5.16 Å². The number of nitrogens with two attached hydrogens (primary N) is 1.